The summed E-state index contributed by atoms with van der Waals surface area (Å²) in [6.45, 7) is 6.49. The third-order valence-electron chi connectivity index (χ3n) is 8.67. The van der Waals surface area contributed by atoms with Crippen molar-refractivity contribution in [3.05, 3.63) is 46.0 Å². The van der Waals surface area contributed by atoms with Crippen LogP contribution in [0.3, 0.4) is 0 Å². The number of ether oxygens (including phenoxy) is 2. The van der Waals surface area contributed by atoms with Crippen LogP contribution in [0.4, 0.5) is 0 Å². The Morgan fingerprint density at radius 1 is 1.14 bits per heavy atom. The van der Waals surface area contributed by atoms with Gasteiger partial charge in [0, 0.05) is 49.5 Å². The number of carbonyl (C=O) groups is 1. The quantitative estimate of drug-likeness (QED) is 0.326. The highest BCUT2D eigenvalue weighted by Crippen LogP contribution is 2.42. The van der Waals surface area contributed by atoms with E-state index in [1.54, 1.807) is 12.1 Å². The Labute approximate surface area is 260 Å². The summed E-state index contributed by atoms with van der Waals surface area (Å²) in [4.78, 5) is 17.4. The fraction of sp³-hybridized carbons (Fsp3) is 0.543. The van der Waals surface area contributed by atoms with Crippen molar-refractivity contribution in [2.24, 2.45) is 16.8 Å². The van der Waals surface area contributed by atoms with Gasteiger partial charge >= 0.3 is 0 Å². The lowest BCUT2D eigenvalue weighted by atomic mass is 9.85. The minimum atomic E-state index is -0.770. The average Bonchev–Trinajstić information content (AvgIpc) is 3.00. The summed E-state index contributed by atoms with van der Waals surface area (Å²) in [7, 11) is 1.47. The molecule has 0 unspecified atom stereocenters. The highest BCUT2D eigenvalue weighted by atomic mass is 16.5. The second-order valence-electron chi connectivity index (χ2n) is 12.7. The van der Waals surface area contributed by atoms with Crippen molar-refractivity contribution in [2.45, 2.75) is 83.8 Å². The molecule has 9 heteroatoms. The topological polar surface area (TPSA) is 133 Å². The predicted molar refractivity (Wildman–Crippen MR) is 170 cm³/mol. The zero-order chi connectivity index (χ0) is 31.2. The summed E-state index contributed by atoms with van der Waals surface area (Å²) in [6, 6.07) is 5.55. The molecular formula is C35H45N3O6. The Kier molecular flexibility index (Phi) is 10.2. The molecule has 1 aliphatic carbocycles. The number of benzene rings is 2. The van der Waals surface area contributed by atoms with Crippen LogP contribution in [-0.2, 0) is 30.5 Å². The van der Waals surface area contributed by atoms with Gasteiger partial charge in [-0.3, -0.25) is 9.79 Å². The predicted octanol–water partition coefficient (Wildman–Crippen LogP) is 3.80. The van der Waals surface area contributed by atoms with E-state index in [2.05, 4.69) is 41.3 Å². The van der Waals surface area contributed by atoms with Crippen molar-refractivity contribution in [1.29, 1.82) is 0 Å². The van der Waals surface area contributed by atoms with Gasteiger partial charge in [0.05, 0.1) is 25.4 Å². The number of methoxy groups -OCH3 is 1. The molecule has 9 nitrogen and oxygen atoms in total. The van der Waals surface area contributed by atoms with E-state index in [0.29, 0.717) is 48.7 Å². The van der Waals surface area contributed by atoms with Gasteiger partial charge in [-0.25, -0.2) is 0 Å². The first kappa shape index (κ1) is 31.5. The normalized spacial score (nSPS) is 22.1. The number of hydrogen-bond donors (Lipinski definition) is 5. The van der Waals surface area contributed by atoms with Gasteiger partial charge in [-0.2, -0.15) is 0 Å². The summed E-state index contributed by atoms with van der Waals surface area (Å²) < 4.78 is 11.7. The number of aliphatic imine (C=N–C) groups is 1. The molecule has 0 spiro atoms. The van der Waals surface area contributed by atoms with E-state index < -0.39 is 6.10 Å². The van der Waals surface area contributed by atoms with Crippen molar-refractivity contribution < 1.29 is 29.6 Å². The Morgan fingerprint density at radius 2 is 1.98 bits per heavy atom. The number of guanidine groups is 1. The lowest BCUT2D eigenvalue weighted by molar-refractivity contribution is -0.121. The molecule has 0 saturated carbocycles. The summed E-state index contributed by atoms with van der Waals surface area (Å²) in [5, 5.41) is 39.5. The largest absolute Gasteiger partial charge is 0.504 e. The van der Waals surface area contributed by atoms with Crippen LogP contribution in [0.2, 0.25) is 0 Å². The highest BCUT2D eigenvalue weighted by molar-refractivity contribution is 5.80. The molecule has 2 aliphatic heterocycles. The number of rotatable bonds is 5. The maximum atomic E-state index is 12.8. The maximum absolute atomic E-state index is 12.8. The van der Waals surface area contributed by atoms with Crippen LogP contribution in [0.25, 0.3) is 0 Å². The fourth-order valence-electron chi connectivity index (χ4n) is 6.32. The zero-order valence-corrected chi connectivity index (χ0v) is 26.0. The molecule has 0 amide bonds. The van der Waals surface area contributed by atoms with Gasteiger partial charge < -0.3 is 35.4 Å². The summed E-state index contributed by atoms with van der Waals surface area (Å²) in [5.74, 6) is 8.74. The number of phenolic OH excluding ortho intramolecular Hbond substituents is 2. The first-order valence-electron chi connectivity index (χ1n) is 15.8. The molecule has 3 atom stereocenters. The number of ketones is 1. The number of hydrogen-bond acceptors (Lipinski definition) is 9. The van der Waals surface area contributed by atoms with E-state index in [-0.39, 0.29) is 54.3 Å². The summed E-state index contributed by atoms with van der Waals surface area (Å²) >= 11 is 0. The average molecular weight is 604 g/mol. The fourth-order valence-corrected chi connectivity index (χ4v) is 6.32. The minimum Gasteiger partial charge on any atom is -0.504 e. The SMILES string of the molecule is COc1c(O)ccc2c1C#CCc1cc(c3c(c1O)OC[C@@H](C[C@@H]1CCN=C(NCC(C)C)N1)C3)CC[C@@H](O)CC(=O)CC2. The standard InChI is InChI=1S/C35H45N3O6/c1-21(2)19-37-35-36-14-13-26(38-35)15-22-16-30-24-8-11-28(40)18-27(39)10-7-23-9-12-31(41)33(43-3)29(23)6-4-5-25(17-24)32(42)34(30)44-20-22/h9,12,17,21-22,26,28,40-42H,5,7-8,10-11,13-16,18-20H2,1-3H3,(H2,36,37,38)/t22-,26-,28+/m0/s1. The Hall–Kier alpha value is -3.90. The Morgan fingerprint density at radius 3 is 2.77 bits per heavy atom. The van der Waals surface area contributed by atoms with Crippen LogP contribution >= 0.6 is 0 Å². The van der Waals surface area contributed by atoms with Crippen molar-refractivity contribution in [3.8, 4) is 34.8 Å². The monoisotopic (exact) mass is 603 g/mol. The van der Waals surface area contributed by atoms with E-state index in [1.165, 1.54) is 7.11 Å². The van der Waals surface area contributed by atoms with Gasteiger partial charge in [-0.15, -0.1) is 0 Å². The highest BCUT2D eigenvalue weighted by Gasteiger charge is 2.30. The number of nitrogens with one attached hydrogen (secondary N) is 2. The summed E-state index contributed by atoms with van der Waals surface area (Å²) in [5.41, 5.74) is 3.94. The minimum absolute atomic E-state index is 0.0269. The Bertz CT molecular complexity index is 1460. The van der Waals surface area contributed by atoms with Gasteiger partial charge in [0.2, 0.25) is 0 Å². The third kappa shape index (κ3) is 7.59. The van der Waals surface area contributed by atoms with Gasteiger partial charge in [0.15, 0.2) is 29.0 Å². The van der Waals surface area contributed by atoms with Crippen molar-refractivity contribution >= 4 is 11.7 Å². The lowest BCUT2D eigenvalue weighted by Gasteiger charge is -2.33. The van der Waals surface area contributed by atoms with E-state index in [4.69, 9.17) is 9.47 Å². The molecule has 2 bridgehead atoms. The molecule has 0 aromatic heterocycles. The molecule has 0 saturated heterocycles. The molecule has 5 rings (SSSR count). The molecule has 2 aromatic rings. The third-order valence-corrected chi connectivity index (χ3v) is 8.67. The number of carbonyl (C=O) groups excluding carboxylic acids is 1. The Balaban J connectivity index is 1.41. The van der Waals surface area contributed by atoms with E-state index in [1.807, 2.05) is 6.07 Å². The van der Waals surface area contributed by atoms with E-state index in [9.17, 15) is 20.1 Å². The van der Waals surface area contributed by atoms with Crippen molar-refractivity contribution in [3.63, 3.8) is 0 Å². The summed E-state index contributed by atoms with van der Waals surface area (Å²) in [6.07, 6.45) is 3.87. The van der Waals surface area contributed by atoms with Crippen LogP contribution in [0, 0.1) is 23.7 Å². The van der Waals surface area contributed by atoms with Gasteiger partial charge in [0.25, 0.3) is 0 Å². The van der Waals surface area contributed by atoms with E-state index in [0.717, 1.165) is 55.0 Å². The molecule has 3 aliphatic rings. The number of aromatic hydroxyl groups is 2. The first-order chi connectivity index (χ1) is 21.2. The van der Waals surface area contributed by atoms with Crippen LogP contribution in [-0.4, -0.2) is 66.0 Å². The smallest absolute Gasteiger partial charge is 0.191 e. The number of Topliss-reactive ketones (excluding diaryl/α,β-unsaturated/α-hetero) is 1. The second kappa shape index (κ2) is 14.3. The van der Waals surface area contributed by atoms with Crippen molar-refractivity contribution in [2.75, 3.05) is 26.8 Å². The second-order valence-corrected chi connectivity index (χ2v) is 12.7. The number of aliphatic hydroxyl groups excluding tert-OH is 1. The molecule has 0 fully saturated rings. The molecule has 236 valence electrons. The number of aryl methyl sites for hydroxylation is 2. The maximum Gasteiger partial charge on any atom is 0.191 e. The lowest BCUT2D eigenvalue weighted by Crippen LogP contribution is -2.48. The van der Waals surface area contributed by atoms with Gasteiger partial charge in [-0.1, -0.05) is 37.8 Å². The van der Waals surface area contributed by atoms with Crippen LogP contribution < -0.4 is 20.1 Å². The van der Waals surface area contributed by atoms with Gasteiger partial charge in [-0.05, 0) is 67.6 Å². The van der Waals surface area contributed by atoms with Crippen LogP contribution in [0.5, 0.6) is 23.0 Å². The molecule has 2 aromatic carbocycles. The molecule has 0 radical (unpaired) electrons. The number of phenols is 2. The number of aliphatic hydroxyl groups is 1. The molecule has 5 N–H and O–H groups in total. The number of nitrogens with zero attached hydrogens (tertiary/aromatic N) is 1. The zero-order valence-electron chi connectivity index (χ0n) is 26.0. The van der Waals surface area contributed by atoms with Crippen LogP contribution in [0.1, 0.15) is 73.8 Å². The first-order valence-corrected chi connectivity index (χ1v) is 15.8. The number of fused-ring (bicyclic) bond motifs is 5. The van der Waals surface area contributed by atoms with Gasteiger partial charge in [0.1, 0.15) is 5.78 Å². The molecular weight excluding hydrogens is 558 g/mol. The van der Waals surface area contributed by atoms with E-state index >= 15 is 0 Å². The van der Waals surface area contributed by atoms with Crippen LogP contribution in [0.15, 0.2) is 23.2 Å². The molecule has 44 heavy (non-hydrogen) atoms. The van der Waals surface area contributed by atoms with Crippen molar-refractivity contribution in [1.82, 2.24) is 10.6 Å². The molecule has 2 heterocycles.